The van der Waals surface area contributed by atoms with Gasteiger partial charge < -0.3 is 4.90 Å². The van der Waals surface area contributed by atoms with E-state index in [9.17, 15) is 4.79 Å². The third-order valence-corrected chi connectivity index (χ3v) is 5.06. The van der Waals surface area contributed by atoms with E-state index in [1.54, 1.807) is 6.20 Å². The second-order valence-electron chi connectivity index (χ2n) is 6.61. The fraction of sp³-hybridized carbons (Fsp3) is 0.263. The molecular weight excluding hydrogens is 328 g/mol. The molecule has 26 heavy (non-hydrogen) atoms. The van der Waals surface area contributed by atoms with Gasteiger partial charge in [-0.25, -0.2) is 9.97 Å². The average molecular weight is 346 g/mol. The van der Waals surface area contributed by atoms with E-state index in [-0.39, 0.29) is 11.9 Å². The molecule has 1 amide bonds. The summed E-state index contributed by atoms with van der Waals surface area (Å²) >= 11 is 0. The number of amides is 1. The van der Waals surface area contributed by atoms with E-state index in [1.807, 2.05) is 52.0 Å². The molecule has 0 saturated carbocycles. The molecular formula is C19H18N6O. The van der Waals surface area contributed by atoms with Gasteiger partial charge in [-0.3, -0.25) is 14.3 Å². The van der Waals surface area contributed by atoms with Crippen molar-refractivity contribution in [2.45, 2.75) is 25.3 Å². The number of hydrogen-bond acceptors (Lipinski definition) is 4. The van der Waals surface area contributed by atoms with Crippen LogP contribution in [0.25, 0.3) is 16.7 Å². The zero-order chi connectivity index (χ0) is 17.5. The third-order valence-electron chi connectivity index (χ3n) is 5.06. The summed E-state index contributed by atoms with van der Waals surface area (Å²) in [6.45, 7) is 0.714. The van der Waals surface area contributed by atoms with E-state index < -0.39 is 0 Å². The Balaban J connectivity index is 1.54. The molecule has 7 nitrogen and oxygen atoms in total. The highest BCUT2D eigenvalue weighted by atomic mass is 16.2. The van der Waals surface area contributed by atoms with Gasteiger partial charge in [-0.15, -0.1) is 0 Å². The summed E-state index contributed by atoms with van der Waals surface area (Å²) in [4.78, 5) is 24.1. The van der Waals surface area contributed by atoms with Crippen LogP contribution in [0, 0.1) is 0 Å². The van der Waals surface area contributed by atoms with E-state index in [4.69, 9.17) is 0 Å². The maximum absolute atomic E-state index is 13.3. The van der Waals surface area contributed by atoms with Crippen molar-refractivity contribution in [3.05, 3.63) is 60.3 Å². The van der Waals surface area contributed by atoms with Crippen LogP contribution in [0.15, 0.2) is 48.9 Å². The summed E-state index contributed by atoms with van der Waals surface area (Å²) in [5.74, 6) is 0.614. The van der Waals surface area contributed by atoms with Gasteiger partial charge in [-0.2, -0.15) is 5.10 Å². The van der Waals surface area contributed by atoms with Gasteiger partial charge in [0.05, 0.1) is 17.3 Å². The molecule has 1 unspecified atom stereocenters. The number of H-pyrrole nitrogens is 1. The first-order valence-corrected chi connectivity index (χ1v) is 8.85. The zero-order valence-corrected chi connectivity index (χ0v) is 14.2. The first-order chi connectivity index (χ1) is 12.8. The van der Waals surface area contributed by atoms with Crippen LogP contribution in [0.4, 0.5) is 0 Å². The molecule has 0 spiro atoms. The number of rotatable bonds is 2. The van der Waals surface area contributed by atoms with Crippen LogP contribution in [0.3, 0.4) is 0 Å². The summed E-state index contributed by atoms with van der Waals surface area (Å²) in [6, 6.07) is 9.65. The number of carbonyl (C=O) groups is 1. The molecule has 7 heteroatoms. The second kappa shape index (κ2) is 5.94. The van der Waals surface area contributed by atoms with E-state index in [2.05, 4.69) is 20.2 Å². The van der Waals surface area contributed by atoms with Crippen LogP contribution >= 0.6 is 0 Å². The van der Waals surface area contributed by atoms with Gasteiger partial charge in [0.15, 0.2) is 5.69 Å². The van der Waals surface area contributed by atoms with Gasteiger partial charge in [-0.1, -0.05) is 18.2 Å². The van der Waals surface area contributed by atoms with Crippen LogP contribution in [-0.4, -0.2) is 41.9 Å². The minimum atomic E-state index is -0.0478. The SMILES string of the molecule is O=C(c1n[nH]c2ccccc12)N1CCCCC1c1ccn2ccnc2n1. The number of aromatic amines is 1. The van der Waals surface area contributed by atoms with Crippen molar-refractivity contribution in [2.24, 2.45) is 0 Å². The van der Waals surface area contributed by atoms with Crippen molar-refractivity contribution < 1.29 is 4.79 Å². The summed E-state index contributed by atoms with van der Waals surface area (Å²) in [5, 5.41) is 8.10. The number of nitrogens with zero attached hydrogens (tertiary/aromatic N) is 5. The molecule has 1 saturated heterocycles. The predicted molar refractivity (Wildman–Crippen MR) is 96.7 cm³/mol. The highest BCUT2D eigenvalue weighted by Crippen LogP contribution is 2.32. The molecule has 1 aliphatic heterocycles. The molecule has 0 radical (unpaired) electrons. The van der Waals surface area contributed by atoms with E-state index >= 15 is 0 Å². The Kier molecular flexibility index (Phi) is 3.44. The van der Waals surface area contributed by atoms with Gasteiger partial charge in [0.1, 0.15) is 0 Å². The lowest BCUT2D eigenvalue weighted by atomic mass is 9.98. The Hall–Kier alpha value is -3.22. The Morgan fingerprint density at radius 1 is 1.15 bits per heavy atom. The average Bonchev–Trinajstić information content (AvgIpc) is 3.33. The Bertz CT molecular complexity index is 1100. The third kappa shape index (κ3) is 2.35. The van der Waals surface area contributed by atoms with Crippen LogP contribution in [0.5, 0.6) is 0 Å². The van der Waals surface area contributed by atoms with Crippen molar-refractivity contribution >= 4 is 22.6 Å². The molecule has 0 bridgehead atoms. The molecule has 130 valence electrons. The maximum atomic E-state index is 13.3. The molecule has 1 atom stereocenters. The number of carbonyl (C=O) groups excluding carboxylic acids is 1. The maximum Gasteiger partial charge on any atom is 0.275 e. The van der Waals surface area contributed by atoms with Crippen molar-refractivity contribution in [3.63, 3.8) is 0 Å². The minimum Gasteiger partial charge on any atom is -0.329 e. The van der Waals surface area contributed by atoms with Crippen LogP contribution in [0.1, 0.15) is 41.5 Å². The van der Waals surface area contributed by atoms with Crippen molar-refractivity contribution in [3.8, 4) is 0 Å². The smallest absolute Gasteiger partial charge is 0.275 e. The molecule has 5 rings (SSSR count). The predicted octanol–water partition coefficient (Wildman–Crippen LogP) is 2.97. The number of benzene rings is 1. The first-order valence-electron chi connectivity index (χ1n) is 8.85. The van der Waals surface area contributed by atoms with Crippen LogP contribution in [-0.2, 0) is 0 Å². The molecule has 1 fully saturated rings. The van der Waals surface area contributed by atoms with Gasteiger partial charge in [0, 0.05) is 30.5 Å². The standard InChI is InChI=1S/C19H18N6O/c26-18(17-13-5-1-2-6-14(13)22-23-17)25-10-4-3-7-16(25)15-8-11-24-12-9-20-19(24)21-15/h1-2,5-6,8-9,11-12,16H,3-4,7,10H2,(H,22,23). The lowest BCUT2D eigenvalue weighted by Gasteiger charge is -2.35. The first kappa shape index (κ1) is 15.1. The normalized spacial score (nSPS) is 17.8. The summed E-state index contributed by atoms with van der Waals surface area (Å²) in [6.07, 6.45) is 8.52. The van der Waals surface area contributed by atoms with E-state index in [0.717, 1.165) is 35.9 Å². The number of nitrogens with one attached hydrogen (secondary N) is 1. The molecule has 1 N–H and O–H groups in total. The Labute approximate surface area is 149 Å². The highest BCUT2D eigenvalue weighted by Gasteiger charge is 2.31. The van der Waals surface area contributed by atoms with Crippen LogP contribution in [0.2, 0.25) is 0 Å². The molecule has 0 aliphatic carbocycles. The van der Waals surface area contributed by atoms with E-state index in [0.29, 0.717) is 18.0 Å². The summed E-state index contributed by atoms with van der Waals surface area (Å²) < 4.78 is 1.87. The number of aromatic nitrogens is 5. The molecule has 1 aliphatic rings. The molecule has 4 aromatic rings. The number of para-hydroxylation sites is 1. The minimum absolute atomic E-state index is 0.0443. The fourth-order valence-corrected chi connectivity index (χ4v) is 3.75. The van der Waals surface area contributed by atoms with Crippen molar-refractivity contribution in [2.75, 3.05) is 6.54 Å². The Morgan fingerprint density at radius 2 is 2.08 bits per heavy atom. The van der Waals surface area contributed by atoms with Gasteiger partial charge >= 0.3 is 0 Å². The van der Waals surface area contributed by atoms with Crippen molar-refractivity contribution in [1.29, 1.82) is 0 Å². The highest BCUT2D eigenvalue weighted by molar-refractivity contribution is 6.04. The number of hydrogen-bond donors (Lipinski definition) is 1. The van der Waals surface area contributed by atoms with E-state index in [1.165, 1.54) is 0 Å². The lowest BCUT2D eigenvalue weighted by molar-refractivity contribution is 0.0602. The number of piperidine rings is 1. The topological polar surface area (TPSA) is 79.2 Å². The summed E-state index contributed by atoms with van der Waals surface area (Å²) in [7, 11) is 0. The quantitative estimate of drug-likeness (QED) is 0.605. The zero-order valence-electron chi connectivity index (χ0n) is 14.2. The monoisotopic (exact) mass is 346 g/mol. The van der Waals surface area contributed by atoms with Gasteiger partial charge in [0.25, 0.3) is 5.91 Å². The second-order valence-corrected chi connectivity index (χ2v) is 6.61. The molecule has 3 aromatic heterocycles. The fourth-order valence-electron chi connectivity index (χ4n) is 3.75. The molecule has 1 aromatic carbocycles. The number of likely N-dealkylation sites (tertiary alicyclic amines) is 1. The Morgan fingerprint density at radius 3 is 3.04 bits per heavy atom. The lowest BCUT2D eigenvalue weighted by Crippen LogP contribution is -2.39. The van der Waals surface area contributed by atoms with Gasteiger partial charge in [0.2, 0.25) is 5.78 Å². The summed E-state index contributed by atoms with van der Waals surface area (Å²) in [5.41, 5.74) is 2.24. The van der Waals surface area contributed by atoms with Gasteiger partial charge in [-0.05, 0) is 31.4 Å². The largest absolute Gasteiger partial charge is 0.329 e. The van der Waals surface area contributed by atoms with Crippen LogP contribution < -0.4 is 0 Å². The number of fused-ring (bicyclic) bond motifs is 2. The van der Waals surface area contributed by atoms with Crippen molar-refractivity contribution in [1.82, 2.24) is 29.5 Å². The number of imidazole rings is 1. The molecule has 4 heterocycles.